The number of likely N-dealkylation sites (tertiary alicyclic amines) is 1. The van der Waals surface area contributed by atoms with E-state index in [1.165, 1.54) is 0 Å². The van der Waals surface area contributed by atoms with E-state index >= 15 is 0 Å². The fourth-order valence-corrected chi connectivity index (χ4v) is 2.00. The maximum Gasteiger partial charge on any atom is 0.148 e. The second-order valence-corrected chi connectivity index (χ2v) is 3.81. The number of ketones is 1. The summed E-state index contributed by atoms with van der Waals surface area (Å²) in [6.07, 6.45) is 1.84. The Hall–Kier alpha value is -0.450. The lowest BCUT2D eigenvalue weighted by atomic mass is 10.0. The van der Waals surface area contributed by atoms with E-state index in [1.807, 2.05) is 4.90 Å². The lowest BCUT2D eigenvalue weighted by Crippen LogP contribution is -2.51. The SMILES string of the molecule is O=C1CCN(C2(O)CCOCC2)C1. The number of ether oxygens (including phenoxy) is 1. The van der Waals surface area contributed by atoms with E-state index in [9.17, 15) is 9.90 Å². The van der Waals surface area contributed by atoms with E-state index in [-0.39, 0.29) is 5.78 Å². The molecule has 0 atom stereocenters. The number of hydrogen-bond acceptors (Lipinski definition) is 4. The van der Waals surface area contributed by atoms with Gasteiger partial charge in [-0.3, -0.25) is 9.69 Å². The zero-order chi connectivity index (χ0) is 9.31. The molecule has 2 aliphatic heterocycles. The highest BCUT2D eigenvalue weighted by Crippen LogP contribution is 2.27. The van der Waals surface area contributed by atoms with Crippen molar-refractivity contribution in [3.05, 3.63) is 0 Å². The Kier molecular flexibility index (Phi) is 2.36. The topological polar surface area (TPSA) is 49.8 Å². The minimum absolute atomic E-state index is 0.236. The van der Waals surface area contributed by atoms with Gasteiger partial charge in [0, 0.05) is 25.8 Å². The third kappa shape index (κ3) is 1.75. The monoisotopic (exact) mass is 185 g/mol. The van der Waals surface area contributed by atoms with E-state index in [0.29, 0.717) is 45.6 Å². The van der Waals surface area contributed by atoms with Crippen LogP contribution in [-0.2, 0) is 9.53 Å². The molecule has 74 valence electrons. The van der Waals surface area contributed by atoms with E-state index in [0.717, 1.165) is 0 Å². The molecule has 0 bridgehead atoms. The summed E-state index contributed by atoms with van der Waals surface area (Å²) in [5, 5.41) is 10.2. The van der Waals surface area contributed by atoms with E-state index in [2.05, 4.69) is 0 Å². The zero-order valence-electron chi connectivity index (χ0n) is 7.66. The molecule has 0 spiro atoms. The fourth-order valence-electron chi connectivity index (χ4n) is 2.00. The summed E-state index contributed by atoms with van der Waals surface area (Å²) in [7, 11) is 0. The largest absolute Gasteiger partial charge is 0.381 e. The molecule has 0 saturated carbocycles. The first-order valence-corrected chi connectivity index (χ1v) is 4.78. The third-order valence-corrected chi connectivity index (χ3v) is 2.91. The van der Waals surface area contributed by atoms with Crippen molar-refractivity contribution in [3.8, 4) is 0 Å². The molecule has 4 heteroatoms. The van der Waals surface area contributed by atoms with Crippen molar-refractivity contribution in [1.29, 1.82) is 0 Å². The van der Waals surface area contributed by atoms with Crippen molar-refractivity contribution in [2.75, 3.05) is 26.3 Å². The van der Waals surface area contributed by atoms with Crippen LogP contribution in [0.3, 0.4) is 0 Å². The Labute approximate surface area is 77.5 Å². The molecule has 1 N–H and O–H groups in total. The highest BCUT2D eigenvalue weighted by molar-refractivity contribution is 5.82. The average Bonchev–Trinajstić information content (AvgIpc) is 2.54. The van der Waals surface area contributed by atoms with Crippen molar-refractivity contribution >= 4 is 5.78 Å². The van der Waals surface area contributed by atoms with Crippen LogP contribution >= 0.6 is 0 Å². The summed E-state index contributed by atoms with van der Waals surface area (Å²) in [5.74, 6) is 0.236. The van der Waals surface area contributed by atoms with Gasteiger partial charge in [-0.05, 0) is 0 Å². The van der Waals surface area contributed by atoms with Crippen LogP contribution in [0.25, 0.3) is 0 Å². The zero-order valence-corrected chi connectivity index (χ0v) is 7.66. The molecule has 2 aliphatic rings. The molecule has 0 aromatic carbocycles. The van der Waals surface area contributed by atoms with Crippen LogP contribution in [0, 0.1) is 0 Å². The molecule has 0 unspecified atom stereocenters. The minimum atomic E-state index is -0.773. The first-order valence-electron chi connectivity index (χ1n) is 4.78. The molecule has 2 rings (SSSR count). The number of nitrogens with zero attached hydrogens (tertiary/aromatic N) is 1. The van der Waals surface area contributed by atoms with Crippen LogP contribution < -0.4 is 0 Å². The van der Waals surface area contributed by atoms with Crippen molar-refractivity contribution in [2.45, 2.75) is 25.0 Å². The molecular formula is C9H15NO3. The number of Topliss-reactive ketones (excluding diaryl/α,β-unsaturated/α-hetero) is 1. The van der Waals surface area contributed by atoms with Gasteiger partial charge >= 0.3 is 0 Å². The van der Waals surface area contributed by atoms with Gasteiger partial charge in [0.15, 0.2) is 0 Å². The summed E-state index contributed by atoms with van der Waals surface area (Å²) in [6, 6.07) is 0. The van der Waals surface area contributed by atoms with Crippen molar-refractivity contribution in [1.82, 2.24) is 4.90 Å². The molecule has 13 heavy (non-hydrogen) atoms. The second kappa shape index (κ2) is 3.36. The molecule has 0 aliphatic carbocycles. The Morgan fingerprint density at radius 1 is 1.38 bits per heavy atom. The van der Waals surface area contributed by atoms with Crippen LogP contribution in [-0.4, -0.2) is 47.8 Å². The van der Waals surface area contributed by atoms with Crippen molar-refractivity contribution < 1.29 is 14.6 Å². The van der Waals surface area contributed by atoms with Gasteiger partial charge in [0.1, 0.15) is 11.5 Å². The van der Waals surface area contributed by atoms with Gasteiger partial charge in [-0.2, -0.15) is 0 Å². The summed E-state index contributed by atoms with van der Waals surface area (Å²) in [6.45, 7) is 2.31. The molecular weight excluding hydrogens is 170 g/mol. The molecule has 0 aromatic rings. The summed E-state index contributed by atoms with van der Waals surface area (Å²) in [4.78, 5) is 12.9. The first kappa shape index (κ1) is 9.12. The summed E-state index contributed by atoms with van der Waals surface area (Å²) in [5.41, 5.74) is -0.773. The van der Waals surface area contributed by atoms with Crippen molar-refractivity contribution in [2.24, 2.45) is 0 Å². The van der Waals surface area contributed by atoms with Crippen molar-refractivity contribution in [3.63, 3.8) is 0 Å². The Morgan fingerprint density at radius 3 is 2.62 bits per heavy atom. The van der Waals surface area contributed by atoms with Crippen LogP contribution in [0.15, 0.2) is 0 Å². The minimum Gasteiger partial charge on any atom is -0.381 e. The third-order valence-electron chi connectivity index (χ3n) is 2.91. The standard InChI is InChI=1S/C9H15NO3/c11-8-1-4-10(7-8)9(12)2-5-13-6-3-9/h12H,1-7H2. The predicted molar refractivity (Wildman–Crippen MR) is 46.2 cm³/mol. The normalized spacial score (nSPS) is 29.5. The van der Waals surface area contributed by atoms with Gasteiger partial charge in [-0.15, -0.1) is 0 Å². The Morgan fingerprint density at radius 2 is 2.08 bits per heavy atom. The van der Waals surface area contributed by atoms with Crippen LogP contribution in [0.4, 0.5) is 0 Å². The van der Waals surface area contributed by atoms with Gasteiger partial charge in [-0.1, -0.05) is 0 Å². The first-order chi connectivity index (χ1) is 6.21. The maximum absolute atomic E-state index is 11.1. The van der Waals surface area contributed by atoms with Gasteiger partial charge in [0.05, 0.1) is 19.8 Å². The molecule has 0 amide bonds. The number of hydrogen-bond donors (Lipinski definition) is 1. The highest BCUT2D eigenvalue weighted by atomic mass is 16.5. The maximum atomic E-state index is 11.1. The van der Waals surface area contributed by atoms with Gasteiger partial charge in [-0.25, -0.2) is 0 Å². The summed E-state index contributed by atoms with van der Waals surface area (Å²) >= 11 is 0. The van der Waals surface area contributed by atoms with Gasteiger partial charge < -0.3 is 9.84 Å². The molecule has 2 saturated heterocycles. The lowest BCUT2D eigenvalue weighted by molar-refractivity contribution is -0.157. The van der Waals surface area contributed by atoms with Gasteiger partial charge in [0.25, 0.3) is 0 Å². The van der Waals surface area contributed by atoms with Crippen LogP contribution in [0.1, 0.15) is 19.3 Å². The molecule has 2 heterocycles. The molecule has 0 aromatic heterocycles. The Bertz CT molecular complexity index is 211. The number of carbonyl (C=O) groups excluding carboxylic acids is 1. The highest BCUT2D eigenvalue weighted by Gasteiger charge is 2.39. The smallest absolute Gasteiger partial charge is 0.148 e. The summed E-state index contributed by atoms with van der Waals surface area (Å²) < 4.78 is 5.18. The van der Waals surface area contributed by atoms with E-state index in [1.54, 1.807) is 0 Å². The average molecular weight is 185 g/mol. The molecule has 2 fully saturated rings. The second-order valence-electron chi connectivity index (χ2n) is 3.81. The predicted octanol–water partition coefficient (Wildman–Crippen LogP) is -0.240. The number of aliphatic hydroxyl groups is 1. The fraction of sp³-hybridized carbons (Fsp3) is 0.889. The van der Waals surface area contributed by atoms with E-state index in [4.69, 9.17) is 4.74 Å². The quantitative estimate of drug-likeness (QED) is 0.612. The van der Waals surface area contributed by atoms with Crippen LogP contribution in [0.5, 0.6) is 0 Å². The van der Waals surface area contributed by atoms with E-state index < -0.39 is 5.72 Å². The lowest BCUT2D eigenvalue weighted by Gasteiger charge is -2.39. The number of rotatable bonds is 1. The van der Waals surface area contributed by atoms with Crippen LogP contribution in [0.2, 0.25) is 0 Å². The molecule has 0 radical (unpaired) electrons. The Balaban J connectivity index is 2.01. The molecule has 4 nitrogen and oxygen atoms in total. The number of carbonyl (C=O) groups is 1. The van der Waals surface area contributed by atoms with Gasteiger partial charge in [0.2, 0.25) is 0 Å².